The quantitative estimate of drug-likeness (QED) is 0.192. The summed E-state index contributed by atoms with van der Waals surface area (Å²) < 4.78 is 4.95. The molecule has 2 rings (SSSR count). The molecule has 0 unspecified atom stereocenters. The zero-order valence-corrected chi connectivity index (χ0v) is 19.7. The maximum absolute atomic E-state index is 11.9. The Kier molecular flexibility index (Phi) is 12.3. The van der Waals surface area contributed by atoms with Gasteiger partial charge in [-0.2, -0.15) is 0 Å². The fourth-order valence-electron chi connectivity index (χ4n) is 3.69. The van der Waals surface area contributed by atoms with Crippen LogP contribution in [0, 0.1) is 0 Å². The van der Waals surface area contributed by atoms with Gasteiger partial charge in [0, 0.05) is 46.4 Å². The first-order valence-corrected chi connectivity index (χ1v) is 10.3. The molecule has 1 saturated carbocycles. The third-order valence-electron chi connectivity index (χ3n) is 5.31. The lowest BCUT2D eigenvalue weighted by Crippen LogP contribution is -2.54. The molecule has 0 radical (unpaired) electrons. The second-order valence-electron chi connectivity index (χ2n) is 7.56. The molecule has 0 atom stereocenters. The summed E-state index contributed by atoms with van der Waals surface area (Å²) >= 11 is 0. The zero-order valence-electron chi connectivity index (χ0n) is 17.4. The Morgan fingerprint density at radius 1 is 1.14 bits per heavy atom. The van der Waals surface area contributed by atoms with Gasteiger partial charge in [-0.15, -0.1) is 24.0 Å². The number of rotatable bonds is 8. The van der Waals surface area contributed by atoms with E-state index in [2.05, 4.69) is 27.4 Å². The molecule has 1 amide bonds. The lowest BCUT2D eigenvalue weighted by Gasteiger charge is -2.37. The Morgan fingerprint density at radius 2 is 1.82 bits per heavy atom. The average molecular weight is 511 g/mol. The van der Waals surface area contributed by atoms with Gasteiger partial charge >= 0.3 is 0 Å². The monoisotopic (exact) mass is 511 g/mol. The number of nitrogens with one attached hydrogen (secondary N) is 2. The van der Waals surface area contributed by atoms with E-state index in [1.54, 1.807) is 7.11 Å². The predicted octanol–water partition coefficient (Wildman–Crippen LogP) is 0.645. The molecule has 1 aliphatic heterocycles. The lowest BCUT2D eigenvalue weighted by molar-refractivity contribution is -0.122. The van der Waals surface area contributed by atoms with Gasteiger partial charge in [0.2, 0.25) is 5.91 Å². The van der Waals surface area contributed by atoms with Crippen molar-refractivity contribution in [3.63, 3.8) is 0 Å². The number of halogens is 1. The van der Waals surface area contributed by atoms with Gasteiger partial charge in [0.25, 0.3) is 0 Å². The molecular weight excluding hydrogens is 473 g/mol. The molecule has 8 nitrogen and oxygen atoms in total. The predicted molar refractivity (Wildman–Crippen MR) is 122 cm³/mol. The molecule has 1 saturated heterocycles. The first-order chi connectivity index (χ1) is 13.1. The Bertz CT molecular complexity index is 478. The highest BCUT2D eigenvalue weighted by Gasteiger charge is 2.29. The van der Waals surface area contributed by atoms with Gasteiger partial charge < -0.3 is 25.4 Å². The van der Waals surface area contributed by atoms with E-state index in [1.165, 1.54) is 6.42 Å². The number of carbonyl (C=O) groups is 1. The van der Waals surface area contributed by atoms with E-state index in [0.717, 1.165) is 64.4 Å². The number of aliphatic hydroxyl groups is 1. The number of methoxy groups -OCH3 is 1. The second-order valence-corrected chi connectivity index (χ2v) is 7.56. The standard InChI is InChI=1S/C19H37N5O3.HI/c1-3-20-18(22-16-19(26)7-5-4-6-8-19)24-12-10-23(11-13-24)15-17(25)21-9-14-27-2;/h26H,3-16H2,1-2H3,(H,20,22)(H,21,25);1H. The smallest absolute Gasteiger partial charge is 0.234 e. The van der Waals surface area contributed by atoms with Crippen LogP contribution in [0.25, 0.3) is 0 Å². The fraction of sp³-hybridized carbons (Fsp3) is 0.895. The molecule has 2 fully saturated rings. The summed E-state index contributed by atoms with van der Waals surface area (Å²) in [6.45, 7) is 8.15. The Balaban J connectivity index is 0.00000392. The number of hydrogen-bond donors (Lipinski definition) is 3. The van der Waals surface area contributed by atoms with Gasteiger partial charge in [-0.05, 0) is 19.8 Å². The maximum atomic E-state index is 11.9. The summed E-state index contributed by atoms with van der Waals surface area (Å²) in [5, 5.41) is 16.9. The summed E-state index contributed by atoms with van der Waals surface area (Å²) in [5.74, 6) is 0.918. The molecule has 28 heavy (non-hydrogen) atoms. The molecule has 9 heteroatoms. The molecule has 0 aromatic rings. The molecule has 0 bridgehead atoms. The Labute approximate surface area is 186 Å². The highest BCUT2D eigenvalue weighted by Crippen LogP contribution is 2.28. The topological polar surface area (TPSA) is 89.4 Å². The number of piperazine rings is 1. The van der Waals surface area contributed by atoms with Crippen LogP contribution < -0.4 is 10.6 Å². The van der Waals surface area contributed by atoms with Gasteiger partial charge in [0.1, 0.15) is 0 Å². The molecule has 164 valence electrons. The zero-order chi connectivity index (χ0) is 19.5. The van der Waals surface area contributed by atoms with Crippen molar-refractivity contribution in [2.45, 2.75) is 44.6 Å². The van der Waals surface area contributed by atoms with Crippen LogP contribution in [-0.2, 0) is 9.53 Å². The molecule has 1 aliphatic carbocycles. The van der Waals surface area contributed by atoms with Crippen LogP contribution in [0.4, 0.5) is 0 Å². The van der Waals surface area contributed by atoms with Crippen LogP contribution in [0.3, 0.4) is 0 Å². The summed E-state index contributed by atoms with van der Waals surface area (Å²) in [4.78, 5) is 21.1. The lowest BCUT2D eigenvalue weighted by atomic mass is 9.85. The van der Waals surface area contributed by atoms with Crippen molar-refractivity contribution < 1.29 is 14.6 Å². The number of amides is 1. The Morgan fingerprint density at radius 3 is 2.43 bits per heavy atom. The summed E-state index contributed by atoms with van der Waals surface area (Å²) in [5.41, 5.74) is -0.638. The van der Waals surface area contributed by atoms with Crippen LogP contribution in [0.1, 0.15) is 39.0 Å². The largest absolute Gasteiger partial charge is 0.388 e. The van der Waals surface area contributed by atoms with Crippen LogP contribution in [0.2, 0.25) is 0 Å². The number of hydrogen-bond acceptors (Lipinski definition) is 5. The number of guanidine groups is 1. The third kappa shape index (κ3) is 8.79. The molecule has 0 aromatic carbocycles. The van der Waals surface area contributed by atoms with E-state index >= 15 is 0 Å². The summed E-state index contributed by atoms with van der Waals surface area (Å²) in [6.07, 6.45) is 5.10. The molecule has 3 N–H and O–H groups in total. The SMILES string of the molecule is CCNC(=NCC1(O)CCCCC1)N1CCN(CC(=O)NCCOC)CC1.I. The van der Waals surface area contributed by atoms with Crippen molar-refractivity contribution in [2.24, 2.45) is 4.99 Å². The van der Waals surface area contributed by atoms with Gasteiger partial charge in [-0.3, -0.25) is 14.7 Å². The van der Waals surface area contributed by atoms with Gasteiger partial charge in [-0.25, -0.2) is 0 Å². The van der Waals surface area contributed by atoms with Crippen molar-refractivity contribution in [1.82, 2.24) is 20.4 Å². The summed E-state index contributed by atoms with van der Waals surface area (Å²) in [7, 11) is 1.63. The number of nitrogens with zero attached hydrogens (tertiary/aromatic N) is 3. The fourth-order valence-corrected chi connectivity index (χ4v) is 3.69. The van der Waals surface area contributed by atoms with E-state index in [1.807, 2.05) is 0 Å². The third-order valence-corrected chi connectivity index (χ3v) is 5.31. The first kappa shape index (κ1) is 25.4. The molecule has 0 aromatic heterocycles. The van der Waals surface area contributed by atoms with Crippen molar-refractivity contribution in [3.05, 3.63) is 0 Å². The minimum atomic E-state index is -0.638. The van der Waals surface area contributed by atoms with E-state index in [0.29, 0.717) is 26.2 Å². The van der Waals surface area contributed by atoms with Crippen molar-refractivity contribution >= 4 is 35.8 Å². The first-order valence-electron chi connectivity index (χ1n) is 10.3. The van der Waals surface area contributed by atoms with Crippen LogP contribution in [-0.4, -0.2) is 98.4 Å². The molecular formula is C19H38IN5O3. The highest BCUT2D eigenvalue weighted by atomic mass is 127. The van der Waals surface area contributed by atoms with Gasteiger partial charge in [-0.1, -0.05) is 19.3 Å². The number of carbonyl (C=O) groups excluding carboxylic acids is 1. The van der Waals surface area contributed by atoms with E-state index in [4.69, 9.17) is 9.73 Å². The second kappa shape index (κ2) is 13.6. The highest BCUT2D eigenvalue weighted by molar-refractivity contribution is 14.0. The number of ether oxygens (including phenoxy) is 1. The van der Waals surface area contributed by atoms with Gasteiger partial charge in [0.15, 0.2) is 5.96 Å². The summed E-state index contributed by atoms with van der Waals surface area (Å²) in [6, 6.07) is 0. The normalized spacial score (nSPS) is 20.4. The van der Waals surface area contributed by atoms with Crippen molar-refractivity contribution in [2.75, 3.05) is 66.1 Å². The molecule has 0 spiro atoms. The molecule has 2 aliphatic rings. The molecule has 1 heterocycles. The van der Waals surface area contributed by atoms with Crippen molar-refractivity contribution in [3.8, 4) is 0 Å². The number of aliphatic imine (C=N–C) groups is 1. The maximum Gasteiger partial charge on any atom is 0.234 e. The average Bonchev–Trinajstić information content (AvgIpc) is 2.67. The minimum absolute atomic E-state index is 0. The van der Waals surface area contributed by atoms with Crippen molar-refractivity contribution in [1.29, 1.82) is 0 Å². The van der Waals surface area contributed by atoms with Crippen LogP contribution >= 0.6 is 24.0 Å². The van der Waals surface area contributed by atoms with Gasteiger partial charge in [0.05, 0.1) is 25.3 Å². The Hall–Kier alpha value is -0.650. The van der Waals surface area contributed by atoms with E-state index < -0.39 is 5.60 Å². The van der Waals surface area contributed by atoms with Crippen LogP contribution in [0.15, 0.2) is 4.99 Å². The van der Waals surface area contributed by atoms with Crippen LogP contribution in [0.5, 0.6) is 0 Å². The minimum Gasteiger partial charge on any atom is -0.388 e. The van der Waals surface area contributed by atoms with E-state index in [-0.39, 0.29) is 29.9 Å². The van der Waals surface area contributed by atoms with E-state index in [9.17, 15) is 9.90 Å².